The second-order valence-corrected chi connectivity index (χ2v) is 3.30. The molecule has 3 heteroatoms. The van der Waals surface area contributed by atoms with E-state index in [9.17, 15) is 5.11 Å². The quantitative estimate of drug-likeness (QED) is 0.752. The number of aromatic nitrogens is 1. The Hall–Kier alpha value is -2.08. The summed E-state index contributed by atoms with van der Waals surface area (Å²) >= 11 is 0. The predicted octanol–water partition coefficient (Wildman–Crippen LogP) is 2.40. The summed E-state index contributed by atoms with van der Waals surface area (Å²) in [7, 11) is 0. The summed E-state index contributed by atoms with van der Waals surface area (Å²) in [5.41, 5.74) is 1.88. The number of hydrogen-bond acceptors (Lipinski definition) is 2. The largest absolute Gasteiger partial charge is 0.508 e. The Balaban J connectivity index is 2.52. The van der Waals surface area contributed by atoms with E-state index in [1.807, 2.05) is 12.1 Å². The molecule has 0 atom stereocenters. The maximum Gasteiger partial charge on any atom is 0.218 e. The van der Waals surface area contributed by atoms with Crippen LogP contribution in [-0.2, 0) is 6.42 Å². The van der Waals surface area contributed by atoms with Gasteiger partial charge in [0.05, 0.1) is 5.52 Å². The van der Waals surface area contributed by atoms with Gasteiger partial charge in [-0.25, -0.2) is 6.57 Å². The fourth-order valence-electron chi connectivity index (χ4n) is 1.59. The third kappa shape index (κ3) is 1.89. The van der Waals surface area contributed by atoms with E-state index in [0.717, 1.165) is 22.9 Å². The molecule has 0 aliphatic rings. The zero-order valence-electron chi connectivity index (χ0n) is 8.14. The van der Waals surface area contributed by atoms with Crippen molar-refractivity contribution in [1.82, 2.24) is 4.98 Å². The Morgan fingerprint density at radius 3 is 3.00 bits per heavy atom. The molecule has 1 heterocycles. The molecule has 2 rings (SSSR count). The van der Waals surface area contributed by atoms with Gasteiger partial charge in [0.25, 0.3) is 0 Å². The Morgan fingerprint density at radius 2 is 2.20 bits per heavy atom. The zero-order chi connectivity index (χ0) is 10.7. The van der Waals surface area contributed by atoms with Crippen molar-refractivity contribution >= 4 is 10.9 Å². The highest BCUT2D eigenvalue weighted by molar-refractivity contribution is 5.83. The number of pyridine rings is 1. The van der Waals surface area contributed by atoms with Crippen molar-refractivity contribution in [2.24, 2.45) is 0 Å². The van der Waals surface area contributed by atoms with Crippen LogP contribution in [-0.4, -0.2) is 16.6 Å². The van der Waals surface area contributed by atoms with Crippen molar-refractivity contribution < 1.29 is 5.11 Å². The number of benzene rings is 1. The molecule has 0 fully saturated rings. The molecule has 1 aromatic heterocycles. The third-order valence-electron chi connectivity index (χ3n) is 2.31. The van der Waals surface area contributed by atoms with Gasteiger partial charge in [0.1, 0.15) is 5.75 Å². The van der Waals surface area contributed by atoms with Crippen LogP contribution in [0.25, 0.3) is 15.7 Å². The first-order valence-corrected chi connectivity index (χ1v) is 4.71. The molecule has 0 saturated carbocycles. The van der Waals surface area contributed by atoms with Crippen LogP contribution in [0.3, 0.4) is 0 Å². The van der Waals surface area contributed by atoms with E-state index in [1.165, 1.54) is 0 Å². The summed E-state index contributed by atoms with van der Waals surface area (Å²) in [6, 6.07) is 7.05. The van der Waals surface area contributed by atoms with Crippen LogP contribution in [0.1, 0.15) is 5.56 Å². The summed E-state index contributed by atoms with van der Waals surface area (Å²) in [6.45, 7) is 7.25. The molecule has 3 nitrogen and oxygen atoms in total. The lowest BCUT2D eigenvalue weighted by atomic mass is 10.1. The topological polar surface area (TPSA) is 37.5 Å². The minimum absolute atomic E-state index is 0.220. The van der Waals surface area contributed by atoms with E-state index in [-0.39, 0.29) is 5.75 Å². The van der Waals surface area contributed by atoms with Gasteiger partial charge in [0.15, 0.2) is 0 Å². The van der Waals surface area contributed by atoms with Crippen molar-refractivity contribution in [3.05, 3.63) is 47.4 Å². The van der Waals surface area contributed by atoms with Crippen molar-refractivity contribution in [1.29, 1.82) is 0 Å². The highest BCUT2D eigenvalue weighted by Gasteiger charge is 2.03. The lowest BCUT2D eigenvalue weighted by Crippen LogP contribution is -1.91. The molecule has 0 radical (unpaired) electrons. The van der Waals surface area contributed by atoms with Crippen molar-refractivity contribution in [2.45, 2.75) is 6.42 Å². The Morgan fingerprint density at radius 1 is 1.33 bits per heavy atom. The van der Waals surface area contributed by atoms with E-state index in [1.54, 1.807) is 18.3 Å². The molecule has 1 aromatic carbocycles. The molecule has 0 saturated heterocycles. The number of phenolic OH excluding ortho intramolecular Hbond substituents is 1. The average Bonchev–Trinajstić information content (AvgIpc) is 2.25. The molecule has 0 amide bonds. The van der Waals surface area contributed by atoms with Gasteiger partial charge in [-0.3, -0.25) is 4.98 Å². The number of phenols is 1. The molecular formula is C12H10N2O. The molecule has 0 bridgehead atoms. The van der Waals surface area contributed by atoms with Crippen LogP contribution in [0, 0.1) is 6.57 Å². The van der Waals surface area contributed by atoms with E-state index in [4.69, 9.17) is 6.57 Å². The van der Waals surface area contributed by atoms with Crippen LogP contribution in [0.15, 0.2) is 30.5 Å². The minimum atomic E-state index is 0.220. The lowest BCUT2D eigenvalue weighted by Gasteiger charge is -2.02. The smallest absolute Gasteiger partial charge is 0.218 e. The van der Waals surface area contributed by atoms with Crippen LogP contribution in [0.4, 0.5) is 0 Å². The molecule has 1 N–H and O–H groups in total. The number of aromatic hydroxyl groups is 1. The Bertz CT molecular complexity index is 529. The normalized spacial score (nSPS) is 10.1. The van der Waals surface area contributed by atoms with E-state index >= 15 is 0 Å². The van der Waals surface area contributed by atoms with Gasteiger partial charge in [-0.15, -0.1) is 0 Å². The molecule has 2 aromatic rings. The first kappa shape index (κ1) is 9.47. The fourth-order valence-corrected chi connectivity index (χ4v) is 1.59. The molecule has 15 heavy (non-hydrogen) atoms. The summed E-state index contributed by atoms with van der Waals surface area (Å²) in [4.78, 5) is 7.51. The summed E-state index contributed by atoms with van der Waals surface area (Å²) in [6.07, 6.45) is 2.44. The van der Waals surface area contributed by atoms with E-state index in [0.29, 0.717) is 6.54 Å². The van der Waals surface area contributed by atoms with E-state index < -0.39 is 0 Å². The highest BCUT2D eigenvalue weighted by Crippen LogP contribution is 2.21. The maximum absolute atomic E-state index is 9.31. The molecule has 0 aliphatic heterocycles. The average molecular weight is 198 g/mol. The van der Waals surface area contributed by atoms with Crippen LogP contribution < -0.4 is 0 Å². The first-order chi connectivity index (χ1) is 7.31. The molecule has 0 unspecified atom stereocenters. The predicted molar refractivity (Wildman–Crippen MR) is 58.6 cm³/mol. The molecule has 0 spiro atoms. The van der Waals surface area contributed by atoms with Gasteiger partial charge in [0.2, 0.25) is 6.54 Å². The number of nitrogens with zero attached hydrogens (tertiary/aromatic N) is 2. The maximum atomic E-state index is 9.31. The van der Waals surface area contributed by atoms with Gasteiger partial charge >= 0.3 is 0 Å². The minimum Gasteiger partial charge on any atom is -0.508 e. The van der Waals surface area contributed by atoms with Crippen LogP contribution >= 0.6 is 0 Å². The second-order valence-electron chi connectivity index (χ2n) is 3.30. The van der Waals surface area contributed by atoms with Crippen LogP contribution in [0.2, 0.25) is 0 Å². The SMILES string of the molecule is [C-]#[N+]CCc1ccnc2cc(O)ccc12. The number of fused-ring (bicyclic) bond motifs is 1. The standard InChI is InChI=1S/C12H10N2O/c1-13-6-4-9-5-7-14-12-8-10(15)2-3-11(9)12/h2-3,5,7-8,15H,4,6H2. The van der Waals surface area contributed by atoms with Gasteiger partial charge < -0.3 is 9.95 Å². The van der Waals surface area contributed by atoms with Gasteiger partial charge in [-0.2, -0.15) is 0 Å². The van der Waals surface area contributed by atoms with Gasteiger partial charge in [-0.05, 0) is 23.8 Å². The number of rotatable bonds is 2. The monoisotopic (exact) mass is 198 g/mol. The fraction of sp³-hybridized carbons (Fsp3) is 0.167. The first-order valence-electron chi connectivity index (χ1n) is 4.71. The Kier molecular flexibility index (Phi) is 2.51. The summed E-state index contributed by atoms with van der Waals surface area (Å²) < 4.78 is 0. The van der Waals surface area contributed by atoms with Crippen molar-refractivity contribution in [3.8, 4) is 5.75 Å². The highest BCUT2D eigenvalue weighted by atomic mass is 16.3. The van der Waals surface area contributed by atoms with Gasteiger partial charge in [-0.1, -0.05) is 0 Å². The summed E-state index contributed by atoms with van der Waals surface area (Å²) in [5, 5.41) is 10.3. The second kappa shape index (κ2) is 3.97. The molecule has 74 valence electrons. The number of hydrogen-bond donors (Lipinski definition) is 1. The Labute approximate surface area is 87.8 Å². The van der Waals surface area contributed by atoms with E-state index in [2.05, 4.69) is 9.83 Å². The molecule has 0 aliphatic carbocycles. The van der Waals surface area contributed by atoms with Crippen LogP contribution in [0.5, 0.6) is 5.75 Å². The zero-order valence-corrected chi connectivity index (χ0v) is 8.14. The third-order valence-corrected chi connectivity index (χ3v) is 2.31. The summed E-state index contributed by atoms with van der Waals surface area (Å²) in [5.74, 6) is 0.220. The van der Waals surface area contributed by atoms with Gasteiger partial charge in [0, 0.05) is 24.1 Å². The molecular weight excluding hydrogens is 188 g/mol. The van der Waals surface area contributed by atoms with Crippen molar-refractivity contribution in [3.63, 3.8) is 0 Å². The lowest BCUT2D eigenvalue weighted by molar-refractivity contribution is 0.476. The van der Waals surface area contributed by atoms with Crippen molar-refractivity contribution in [2.75, 3.05) is 6.54 Å².